The van der Waals surface area contributed by atoms with Crippen molar-refractivity contribution in [2.75, 3.05) is 6.54 Å². The van der Waals surface area contributed by atoms with Crippen molar-refractivity contribution < 1.29 is 0 Å². The summed E-state index contributed by atoms with van der Waals surface area (Å²) >= 11 is 0. The van der Waals surface area contributed by atoms with E-state index in [1.54, 1.807) is 0 Å². The van der Waals surface area contributed by atoms with Gasteiger partial charge in [-0.05, 0) is 47.0 Å². The van der Waals surface area contributed by atoms with Gasteiger partial charge in [-0.2, -0.15) is 0 Å². The Morgan fingerprint density at radius 1 is 1.29 bits per heavy atom. The van der Waals surface area contributed by atoms with Crippen LogP contribution in [0, 0.1) is 0 Å². The second-order valence-electron chi connectivity index (χ2n) is 5.96. The van der Waals surface area contributed by atoms with E-state index >= 15 is 0 Å². The number of rotatable bonds is 1. The Hall–Kier alpha value is -0.0800. The molecule has 2 fully saturated rings. The summed E-state index contributed by atoms with van der Waals surface area (Å²) < 4.78 is 0. The summed E-state index contributed by atoms with van der Waals surface area (Å²) in [5, 5.41) is 3.79. The zero-order chi connectivity index (χ0) is 10.3. The van der Waals surface area contributed by atoms with E-state index in [4.69, 9.17) is 0 Å². The van der Waals surface area contributed by atoms with Crippen LogP contribution in [-0.4, -0.2) is 35.1 Å². The quantitative estimate of drug-likeness (QED) is 0.690. The first kappa shape index (κ1) is 10.4. The number of nitrogens with zero attached hydrogens (tertiary/aromatic N) is 1. The van der Waals surface area contributed by atoms with Gasteiger partial charge in [0.25, 0.3) is 0 Å². The highest BCUT2D eigenvalue weighted by Crippen LogP contribution is 2.31. The Kier molecular flexibility index (Phi) is 2.61. The standard InChI is InChI=1S/C12H24N2/c1-9(2)14-8-12(3,4)13-10-5-6-11(14)7-10/h9-11,13H,5-8H2,1-4H3. The fourth-order valence-corrected chi connectivity index (χ4v) is 3.18. The van der Waals surface area contributed by atoms with Gasteiger partial charge in [0.2, 0.25) is 0 Å². The molecule has 2 bridgehead atoms. The maximum atomic E-state index is 3.79. The topological polar surface area (TPSA) is 15.3 Å². The fraction of sp³-hybridized carbons (Fsp3) is 1.00. The van der Waals surface area contributed by atoms with Crippen LogP contribution in [0.2, 0.25) is 0 Å². The molecule has 2 unspecified atom stereocenters. The van der Waals surface area contributed by atoms with E-state index in [1.807, 2.05) is 0 Å². The molecule has 1 heterocycles. The first-order chi connectivity index (χ1) is 6.48. The first-order valence-corrected chi connectivity index (χ1v) is 6.01. The monoisotopic (exact) mass is 196 g/mol. The Bertz CT molecular complexity index is 210. The van der Waals surface area contributed by atoms with Crippen LogP contribution in [-0.2, 0) is 0 Å². The highest BCUT2D eigenvalue weighted by Gasteiger charge is 2.39. The van der Waals surface area contributed by atoms with Crippen LogP contribution < -0.4 is 5.32 Å². The SMILES string of the molecule is CC(C)N1CC(C)(C)NC2CCC1C2. The minimum absolute atomic E-state index is 0.296. The van der Waals surface area contributed by atoms with Gasteiger partial charge in [-0.3, -0.25) is 4.90 Å². The molecule has 2 aliphatic rings. The summed E-state index contributed by atoms with van der Waals surface area (Å²) in [5.41, 5.74) is 0.296. The normalized spacial score (nSPS) is 37.5. The maximum Gasteiger partial charge on any atom is 0.0254 e. The summed E-state index contributed by atoms with van der Waals surface area (Å²) in [4.78, 5) is 2.69. The molecule has 2 nitrogen and oxygen atoms in total. The van der Waals surface area contributed by atoms with Gasteiger partial charge >= 0.3 is 0 Å². The predicted octanol–water partition coefficient (Wildman–Crippen LogP) is 2.00. The van der Waals surface area contributed by atoms with Crippen LogP contribution in [0.3, 0.4) is 0 Å². The van der Waals surface area contributed by atoms with Crippen LogP contribution in [0.1, 0.15) is 47.0 Å². The summed E-state index contributed by atoms with van der Waals surface area (Å²) in [6.07, 6.45) is 4.13. The molecular formula is C12H24N2. The molecule has 0 radical (unpaired) electrons. The van der Waals surface area contributed by atoms with Crippen LogP contribution in [0.15, 0.2) is 0 Å². The van der Waals surface area contributed by atoms with Gasteiger partial charge in [0.1, 0.15) is 0 Å². The molecule has 0 spiro atoms. The Morgan fingerprint density at radius 2 is 2.00 bits per heavy atom. The van der Waals surface area contributed by atoms with Crippen molar-refractivity contribution >= 4 is 0 Å². The van der Waals surface area contributed by atoms with E-state index < -0.39 is 0 Å². The molecule has 2 rings (SSSR count). The summed E-state index contributed by atoms with van der Waals surface area (Å²) in [7, 11) is 0. The zero-order valence-electron chi connectivity index (χ0n) is 10.0. The summed E-state index contributed by atoms with van der Waals surface area (Å²) in [6.45, 7) is 10.5. The maximum absolute atomic E-state index is 3.79. The zero-order valence-corrected chi connectivity index (χ0v) is 10.0. The van der Waals surface area contributed by atoms with Gasteiger partial charge in [-0.1, -0.05) is 0 Å². The highest BCUT2D eigenvalue weighted by molar-refractivity contribution is 4.98. The lowest BCUT2D eigenvalue weighted by Crippen LogP contribution is -2.52. The van der Waals surface area contributed by atoms with Crippen LogP contribution in [0.4, 0.5) is 0 Å². The molecule has 1 saturated carbocycles. The average molecular weight is 196 g/mol. The molecule has 2 atom stereocenters. The largest absolute Gasteiger partial charge is 0.308 e. The third-order valence-electron chi connectivity index (χ3n) is 3.71. The van der Waals surface area contributed by atoms with Crippen molar-refractivity contribution in [3.8, 4) is 0 Å². The van der Waals surface area contributed by atoms with E-state index in [9.17, 15) is 0 Å². The smallest absolute Gasteiger partial charge is 0.0254 e. The van der Waals surface area contributed by atoms with Crippen LogP contribution in [0.5, 0.6) is 0 Å². The van der Waals surface area contributed by atoms with Crippen molar-refractivity contribution in [3.63, 3.8) is 0 Å². The van der Waals surface area contributed by atoms with Crippen LogP contribution >= 0.6 is 0 Å². The Balaban J connectivity index is 2.15. The molecule has 1 N–H and O–H groups in total. The van der Waals surface area contributed by atoms with Gasteiger partial charge < -0.3 is 5.32 Å². The molecule has 14 heavy (non-hydrogen) atoms. The lowest BCUT2D eigenvalue weighted by atomic mass is 10.0. The number of fused-ring (bicyclic) bond motifs is 2. The second kappa shape index (κ2) is 3.49. The van der Waals surface area contributed by atoms with Crippen molar-refractivity contribution in [1.29, 1.82) is 0 Å². The number of nitrogens with one attached hydrogen (secondary N) is 1. The second-order valence-corrected chi connectivity index (χ2v) is 5.96. The molecule has 82 valence electrons. The molecular weight excluding hydrogens is 172 g/mol. The van der Waals surface area contributed by atoms with E-state index in [0.29, 0.717) is 11.6 Å². The average Bonchev–Trinajstić information content (AvgIpc) is 2.40. The Morgan fingerprint density at radius 3 is 2.64 bits per heavy atom. The highest BCUT2D eigenvalue weighted by atomic mass is 15.2. The molecule has 0 aromatic carbocycles. The van der Waals surface area contributed by atoms with E-state index in [1.165, 1.54) is 25.8 Å². The summed E-state index contributed by atoms with van der Waals surface area (Å²) in [6, 6.07) is 2.31. The third-order valence-corrected chi connectivity index (χ3v) is 3.71. The lowest BCUT2D eigenvalue weighted by molar-refractivity contribution is 0.126. The van der Waals surface area contributed by atoms with Crippen molar-refractivity contribution in [3.05, 3.63) is 0 Å². The molecule has 0 aromatic rings. The van der Waals surface area contributed by atoms with Crippen molar-refractivity contribution in [2.24, 2.45) is 0 Å². The fourth-order valence-electron chi connectivity index (χ4n) is 3.18. The number of hydrogen-bond acceptors (Lipinski definition) is 2. The van der Waals surface area contributed by atoms with Gasteiger partial charge in [-0.15, -0.1) is 0 Å². The van der Waals surface area contributed by atoms with Crippen molar-refractivity contribution in [2.45, 2.75) is 70.6 Å². The van der Waals surface area contributed by atoms with Gasteiger partial charge in [0.05, 0.1) is 0 Å². The minimum atomic E-state index is 0.296. The summed E-state index contributed by atoms with van der Waals surface area (Å²) in [5.74, 6) is 0. The molecule has 1 aliphatic carbocycles. The van der Waals surface area contributed by atoms with Crippen LogP contribution in [0.25, 0.3) is 0 Å². The van der Waals surface area contributed by atoms with Crippen molar-refractivity contribution in [1.82, 2.24) is 10.2 Å². The Labute approximate surface area is 88.1 Å². The van der Waals surface area contributed by atoms with E-state index in [2.05, 4.69) is 37.9 Å². The van der Waals surface area contributed by atoms with E-state index in [0.717, 1.165) is 12.1 Å². The molecule has 2 heteroatoms. The molecule has 0 aromatic heterocycles. The van der Waals surface area contributed by atoms with E-state index in [-0.39, 0.29) is 0 Å². The molecule has 1 aliphatic heterocycles. The van der Waals surface area contributed by atoms with Gasteiger partial charge in [-0.25, -0.2) is 0 Å². The predicted molar refractivity (Wildman–Crippen MR) is 60.5 cm³/mol. The first-order valence-electron chi connectivity index (χ1n) is 6.01. The molecule has 0 amide bonds. The third kappa shape index (κ3) is 1.96. The molecule has 1 saturated heterocycles. The van der Waals surface area contributed by atoms with Gasteiger partial charge in [0.15, 0.2) is 0 Å². The van der Waals surface area contributed by atoms with Gasteiger partial charge in [0, 0.05) is 30.2 Å². The number of hydrogen-bond donors (Lipinski definition) is 1. The minimum Gasteiger partial charge on any atom is -0.308 e. The lowest BCUT2D eigenvalue weighted by Gasteiger charge is -2.38.